The molecule has 2 aromatic carbocycles. The maximum absolute atomic E-state index is 13.6. The van der Waals surface area contributed by atoms with Crippen molar-refractivity contribution in [3.05, 3.63) is 57.8 Å². The molecule has 0 aromatic heterocycles. The number of nitrogens with one attached hydrogen (secondary N) is 1. The van der Waals surface area contributed by atoms with Gasteiger partial charge in [-0.3, -0.25) is 4.79 Å². The highest BCUT2D eigenvalue weighted by Crippen LogP contribution is 2.27. The summed E-state index contributed by atoms with van der Waals surface area (Å²) in [5.74, 6) is -2.72. The van der Waals surface area contributed by atoms with Crippen LogP contribution >= 0.6 is 15.9 Å². The SMILES string of the molecule is NC(=O)c1ccc(Nc2ccc(C(=O)O)c(F)c2)c(Br)c1. The van der Waals surface area contributed by atoms with Crippen molar-refractivity contribution >= 4 is 39.2 Å². The van der Waals surface area contributed by atoms with Crippen LogP contribution in [0.2, 0.25) is 0 Å². The van der Waals surface area contributed by atoms with Crippen LogP contribution in [0, 0.1) is 5.82 Å². The Labute approximate surface area is 127 Å². The van der Waals surface area contributed by atoms with Gasteiger partial charge in [0.15, 0.2) is 0 Å². The topological polar surface area (TPSA) is 92.4 Å². The van der Waals surface area contributed by atoms with Gasteiger partial charge in [0.05, 0.1) is 11.3 Å². The molecule has 0 fully saturated rings. The molecule has 0 aliphatic carbocycles. The fourth-order valence-electron chi connectivity index (χ4n) is 1.69. The van der Waals surface area contributed by atoms with Gasteiger partial charge in [0.25, 0.3) is 0 Å². The van der Waals surface area contributed by atoms with Crippen LogP contribution in [-0.4, -0.2) is 17.0 Å². The Balaban J connectivity index is 2.28. The van der Waals surface area contributed by atoms with Crippen molar-refractivity contribution in [2.24, 2.45) is 5.73 Å². The fraction of sp³-hybridized carbons (Fsp3) is 0. The lowest BCUT2D eigenvalue weighted by Gasteiger charge is -2.10. The van der Waals surface area contributed by atoms with E-state index >= 15 is 0 Å². The molecule has 108 valence electrons. The molecule has 0 bridgehead atoms. The van der Waals surface area contributed by atoms with E-state index in [0.717, 1.165) is 6.07 Å². The Morgan fingerprint density at radius 3 is 2.43 bits per heavy atom. The number of benzene rings is 2. The van der Waals surface area contributed by atoms with Crippen molar-refractivity contribution in [3.63, 3.8) is 0 Å². The number of carbonyl (C=O) groups is 2. The van der Waals surface area contributed by atoms with E-state index in [0.29, 0.717) is 21.4 Å². The molecule has 0 heterocycles. The summed E-state index contributed by atoms with van der Waals surface area (Å²) in [6.45, 7) is 0. The lowest BCUT2D eigenvalue weighted by molar-refractivity contribution is 0.0691. The number of carboxylic acids is 1. The van der Waals surface area contributed by atoms with E-state index in [1.165, 1.54) is 24.3 Å². The van der Waals surface area contributed by atoms with Crippen LogP contribution in [0.5, 0.6) is 0 Å². The molecule has 0 atom stereocenters. The average Bonchev–Trinajstić information content (AvgIpc) is 2.40. The number of nitrogens with two attached hydrogens (primary N) is 1. The molecule has 4 N–H and O–H groups in total. The molecule has 2 rings (SSSR count). The predicted octanol–water partition coefficient (Wildman–Crippen LogP) is 3.13. The number of aromatic carboxylic acids is 1. The van der Waals surface area contributed by atoms with Crippen molar-refractivity contribution in [2.45, 2.75) is 0 Å². The highest BCUT2D eigenvalue weighted by atomic mass is 79.9. The lowest BCUT2D eigenvalue weighted by atomic mass is 10.1. The Hall–Kier alpha value is -2.41. The van der Waals surface area contributed by atoms with E-state index in [4.69, 9.17) is 10.8 Å². The molecule has 0 radical (unpaired) electrons. The van der Waals surface area contributed by atoms with Gasteiger partial charge in [0.1, 0.15) is 5.82 Å². The van der Waals surface area contributed by atoms with Gasteiger partial charge in [0.2, 0.25) is 5.91 Å². The number of carboxylic acid groups (broad SMARTS) is 1. The van der Waals surface area contributed by atoms with Gasteiger partial charge >= 0.3 is 5.97 Å². The number of hydrogen-bond acceptors (Lipinski definition) is 3. The van der Waals surface area contributed by atoms with Crippen molar-refractivity contribution in [2.75, 3.05) is 5.32 Å². The van der Waals surface area contributed by atoms with Gasteiger partial charge in [-0.2, -0.15) is 0 Å². The number of hydrogen-bond donors (Lipinski definition) is 3. The van der Waals surface area contributed by atoms with Crippen molar-refractivity contribution in [3.8, 4) is 0 Å². The van der Waals surface area contributed by atoms with Crippen LogP contribution in [-0.2, 0) is 0 Å². The highest BCUT2D eigenvalue weighted by molar-refractivity contribution is 9.10. The molecule has 0 aliphatic heterocycles. The van der Waals surface area contributed by atoms with Crippen LogP contribution in [0.25, 0.3) is 0 Å². The number of carbonyl (C=O) groups excluding carboxylic acids is 1. The Morgan fingerprint density at radius 2 is 1.90 bits per heavy atom. The molecule has 21 heavy (non-hydrogen) atoms. The minimum absolute atomic E-state index is 0.333. The smallest absolute Gasteiger partial charge is 0.338 e. The monoisotopic (exact) mass is 352 g/mol. The summed E-state index contributed by atoms with van der Waals surface area (Å²) < 4.78 is 14.2. The summed E-state index contributed by atoms with van der Waals surface area (Å²) in [4.78, 5) is 21.8. The number of primary amides is 1. The quantitative estimate of drug-likeness (QED) is 0.787. The zero-order valence-corrected chi connectivity index (χ0v) is 12.1. The van der Waals surface area contributed by atoms with E-state index in [1.807, 2.05) is 0 Å². The number of rotatable bonds is 4. The average molecular weight is 353 g/mol. The number of halogens is 2. The van der Waals surface area contributed by atoms with E-state index in [1.54, 1.807) is 6.07 Å². The number of anilines is 2. The van der Waals surface area contributed by atoms with Gasteiger partial charge in [-0.25, -0.2) is 9.18 Å². The van der Waals surface area contributed by atoms with E-state index in [-0.39, 0.29) is 0 Å². The fourth-order valence-corrected chi connectivity index (χ4v) is 2.17. The molecular formula is C14H10BrFN2O3. The van der Waals surface area contributed by atoms with Crippen LogP contribution in [0.4, 0.5) is 15.8 Å². The summed E-state index contributed by atoms with van der Waals surface area (Å²) in [7, 11) is 0. The minimum Gasteiger partial charge on any atom is -0.478 e. The molecule has 0 saturated heterocycles. The van der Waals surface area contributed by atoms with Gasteiger partial charge in [-0.1, -0.05) is 0 Å². The largest absolute Gasteiger partial charge is 0.478 e. The van der Waals surface area contributed by atoms with Gasteiger partial charge in [0, 0.05) is 15.7 Å². The first-order valence-electron chi connectivity index (χ1n) is 5.77. The Bertz CT molecular complexity index is 734. The van der Waals surface area contributed by atoms with Crippen molar-refractivity contribution < 1.29 is 19.1 Å². The molecule has 7 heteroatoms. The third kappa shape index (κ3) is 3.38. The van der Waals surface area contributed by atoms with Crippen LogP contribution in [0.3, 0.4) is 0 Å². The van der Waals surface area contributed by atoms with Crippen LogP contribution in [0.15, 0.2) is 40.9 Å². The molecule has 0 saturated carbocycles. The van der Waals surface area contributed by atoms with E-state index in [9.17, 15) is 14.0 Å². The first kappa shape index (κ1) is 15.0. The molecule has 5 nitrogen and oxygen atoms in total. The third-order valence-electron chi connectivity index (χ3n) is 2.73. The first-order chi connectivity index (χ1) is 9.88. The van der Waals surface area contributed by atoms with Gasteiger partial charge in [-0.05, 0) is 52.3 Å². The molecule has 2 aromatic rings. The second-order valence-electron chi connectivity index (χ2n) is 4.18. The Morgan fingerprint density at radius 1 is 1.19 bits per heavy atom. The normalized spacial score (nSPS) is 10.2. The second-order valence-corrected chi connectivity index (χ2v) is 5.04. The molecule has 0 aliphatic rings. The summed E-state index contributed by atoms with van der Waals surface area (Å²) in [5, 5.41) is 11.7. The summed E-state index contributed by atoms with van der Waals surface area (Å²) >= 11 is 3.27. The molecule has 0 spiro atoms. The zero-order chi connectivity index (χ0) is 15.6. The first-order valence-corrected chi connectivity index (χ1v) is 6.57. The van der Waals surface area contributed by atoms with Crippen LogP contribution in [0.1, 0.15) is 20.7 Å². The van der Waals surface area contributed by atoms with E-state index in [2.05, 4.69) is 21.2 Å². The lowest BCUT2D eigenvalue weighted by Crippen LogP contribution is -2.10. The molecule has 0 unspecified atom stereocenters. The second kappa shape index (κ2) is 5.92. The standard InChI is InChI=1S/C14H10BrFN2O3/c15-10-5-7(13(17)19)1-4-12(10)18-8-2-3-9(14(20)21)11(16)6-8/h1-6,18H,(H2,17,19)(H,20,21). The molecular weight excluding hydrogens is 343 g/mol. The molecule has 1 amide bonds. The van der Waals surface area contributed by atoms with Gasteiger partial charge < -0.3 is 16.2 Å². The Kier molecular flexibility index (Phi) is 4.23. The van der Waals surface area contributed by atoms with E-state index < -0.39 is 23.3 Å². The summed E-state index contributed by atoms with van der Waals surface area (Å²) in [5.41, 5.74) is 6.06. The maximum atomic E-state index is 13.6. The third-order valence-corrected chi connectivity index (χ3v) is 3.39. The van der Waals surface area contributed by atoms with Gasteiger partial charge in [-0.15, -0.1) is 0 Å². The van der Waals surface area contributed by atoms with Crippen molar-refractivity contribution in [1.29, 1.82) is 0 Å². The maximum Gasteiger partial charge on any atom is 0.338 e. The van der Waals surface area contributed by atoms with Crippen molar-refractivity contribution in [1.82, 2.24) is 0 Å². The predicted molar refractivity (Wildman–Crippen MR) is 79.3 cm³/mol. The highest BCUT2D eigenvalue weighted by Gasteiger charge is 2.11. The summed E-state index contributed by atoms with van der Waals surface area (Å²) in [6, 6.07) is 8.36. The van der Waals surface area contributed by atoms with Crippen LogP contribution < -0.4 is 11.1 Å². The summed E-state index contributed by atoms with van der Waals surface area (Å²) in [6.07, 6.45) is 0. The minimum atomic E-state index is -1.33. The number of amides is 1. The zero-order valence-electron chi connectivity index (χ0n) is 10.6.